The van der Waals surface area contributed by atoms with Crippen LogP contribution in [-0.4, -0.2) is 0 Å². The summed E-state index contributed by atoms with van der Waals surface area (Å²) in [6, 6.07) is 0. The Hall–Kier alpha value is -0.520. The van der Waals surface area contributed by atoms with Crippen molar-refractivity contribution in [3.05, 3.63) is 31.2 Å². The van der Waals surface area contributed by atoms with Crippen LogP contribution < -0.4 is 0 Å². The number of hydrogen-bond donors (Lipinski definition) is 0. The van der Waals surface area contributed by atoms with E-state index in [-0.39, 0.29) is 0 Å². The fourth-order valence-electron chi connectivity index (χ4n) is 1.15. The van der Waals surface area contributed by atoms with E-state index in [0.29, 0.717) is 0 Å². The average molecular weight is 121 g/mol. The molecule has 1 aliphatic carbocycles. The first-order valence-corrected chi connectivity index (χ1v) is 3.54. The van der Waals surface area contributed by atoms with E-state index >= 15 is 0 Å². The molecule has 1 rings (SSSR count). The molecule has 0 aliphatic heterocycles. The van der Waals surface area contributed by atoms with Gasteiger partial charge in [-0.05, 0) is 31.6 Å². The van der Waals surface area contributed by atoms with Gasteiger partial charge in [-0.15, -0.1) is 6.58 Å². The highest BCUT2D eigenvalue weighted by atomic mass is 14.1. The molecule has 0 spiro atoms. The molecule has 0 amide bonds. The van der Waals surface area contributed by atoms with E-state index in [1.54, 1.807) is 0 Å². The second kappa shape index (κ2) is 3.49. The van der Waals surface area contributed by atoms with Crippen LogP contribution in [0.15, 0.2) is 24.8 Å². The lowest BCUT2D eigenvalue weighted by Gasteiger charge is -2.12. The maximum Gasteiger partial charge on any atom is -0.0170 e. The van der Waals surface area contributed by atoms with Crippen LogP contribution in [0.2, 0.25) is 0 Å². The molecule has 1 aliphatic rings. The maximum atomic E-state index is 3.71. The van der Waals surface area contributed by atoms with Crippen LogP contribution in [0.1, 0.15) is 19.3 Å². The molecule has 0 aromatic rings. The molecular formula is C9H13. The molecule has 0 bridgehead atoms. The van der Waals surface area contributed by atoms with Gasteiger partial charge in [0.05, 0.1) is 0 Å². The van der Waals surface area contributed by atoms with Gasteiger partial charge in [-0.1, -0.05) is 18.2 Å². The minimum Gasteiger partial charge on any atom is -0.103 e. The molecule has 0 aromatic heterocycles. The summed E-state index contributed by atoms with van der Waals surface area (Å²) in [6.45, 7) is 3.71. The normalized spacial score (nSPS) is 26.0. The molecule has 1 radical (unpaired) electrons. The summed E-state index contributed by atoms with van der Waals surface area (Å²) in [6.07, 6.45) is 12.4. The maximum absolute atomic E-state index is 3.71. The zero-order valence-electron chi connectivity index (χ0n) is 5.72. The van der Waals surface area contributed by atoms with Crippen molar-refractivity contribution >= 4 is 0 Å². The van der Waals surface area contributed by atoms with Crippen LogP contribution in [0, 0.1) is 12.3 Å². The first kappa shape index (κ1) is 6.60. The van der Waals surface area contributed by atoms with Gasteiger partial charge in [0.15, 0.2) is 0 Å². The number of hydrogen-bond acceptors (Lipinski definition) is 0. The first-order valence-electron chi connectivity index (χ1n) is 3.54. The van der Waals surface area contributed by atoms with Gasteiger partial charge in [0, 0.05) is 0 Å². The van der Waals surface area contributed by atoms with E-state index in [0.717, 1.165) is 12.3 Å². The lowest BCUT2D eigenvalue weighted by atomic mass is 9.93. The molecule has 0 heterocycles. The SMILES string of the molecule is C=CCC1C=C[CH]CC1. The highest BCUT2D eigenvalue weighted by Crippen LogP contribution is 2.19. The zero-order chi connectivity index (χ0) is 6.53. The Balaban J connectivity index is 2.31. The van der Waals surface area contributed by atoms with Gasteiger partial charge in [-0.2, -0.15) is 0 Å². The van der Waals surface area contributed by atoms with Gasteiger partial charge in [-0.25, -0.2) is 0 Å². The summed E-state index contributed by atoms with van der Waals surface area (Å²) in [5.74, 6) is 0.771. The molecule has 0 N–H and O–H groups in total. The quantitative estimate of drug-likeness (QED) is 0.493. The molecule has 0 heteroatoms. The molecule has 0 saturated heterocycles. The predicted molar refractivity (Wildman–Crippen MR) is 41.0 cm³/mol. The van der Waals surface area contributed by atoms with E-state index in [1.807, 2.05) is 6.08 Å². The van der Waals surface area contributed by atoms with Gasteiger partial charge >= 0.3 is 0 Å². The zero-order valence-corrected chi connectivity index (χ0v) is 5.72. The lowest BCUT2D eigenvalue weighted by Crippen LogP contribution is -1.98. The molecule has 0 aromatic carbocycles. The Kier molecular flexibility index (Phi) is 2.56. The van der Waals surface area contributed by atoms with E-state index in [1.165, 1.54) is 12.8 Å². The van der Waals surface area contributed by atoms with Crippen LogP contribution in [0.25, 0.3) is 0 Å². The Bertz CT molecular complexity index is 111. The molecule has 0 nitrogen and oxygen atoms in total. The van der Waals surface area contributed by atoms with Crippen LogP contribution in [0.4, 0.5) is 0 Å². The summed E-state index contributed by atoms with van der Waals surface area (Å²) in [4.78, 5) is 0. The minimum atomic E-state index is 0.771. The summed E-state index contributed by atoms with van der Waals surface area (Å²) in [7, 11) is 0. The third kappa shape index (κ3) is 2.05. The topological polar surface area (TPSA) is 0 Å². The van der Waals surface area contributed by atoms with E-state index < -0.39 is 0 Å². The van der Waals surface area contributed by atoms with Crippen LogP contribution in [-0.2, 0) is 0 Å². The van der Waals surface area contributed by atoms with Crippen molar-refractivity contribution in [3.8, 4) is 0 Å². The highest BCUT2D eigenvalue weighted by Gasteiger charge is 2.04. The summed E-state index contributed by atoms with van der Waals surface area (Å²) in [5.41, 5.74) is 0. The number of rotatable bonds is 2. The second-order valence-electron chi connectivity index (χ2n) is 2.48. The summed E-state index contributed by atoms with van der Waals surface area (Å²) >= 11 is 0. The van der Waals surface area contributed by atoms with Gasteiger partial charge in [-0.3, -0.25) is 0 Å². The van der Waals surface area contributed by atoms with Crippen molar-refractivity contribution in [1.29, 1.82) is 0 Å². The second-order valence-corrected chi connectivity index (χ2v) is 2.48. The smallest absolute Gasteiger partial charge is 0.0170 e. The molecule has 0 fully saturated rings. The molecule has 9 heavy (non-hydrogen) atoms. The average Bonchev–Trinajstić information content (AvgIpc) is 1.91. The van der Waals surface area contributed by atoms with Crippen molar-refractivity contribution in [1.82, 2.24) is 0 Å². The Labute approximate surface area is 57.3 Å². The third-order valence-electron chi connectivity index (χ3n) is 1.69. The first-order chi connectivity index (χ1) is 4.43. The fraction of sp³-hybridized carbons (Fsp3) is 0.444. The van der Waals surface area contributed by atoms with E-state index in [4.69, 9.17) is 0 Å². The van der Waals surface area contributed by atoms with Crippen molar-refractivity contribution in [2.45, 2.75) is 19.3 Å². The third-order valence-corrected chi connectivity index (χ3v) is 1.69. The van der Waals surface area contributed by atoms with Crippen LogP contribution >= 0.6 is 0 Å². The van der Waals surface area contributed by atoms with Crippen molar-refractivity contribution in [3.63, 3.8) is 0 Å². The fourth-order valence-corrected chi connectivity index (χ4v) is 1.15. The molecule has 0 saturated carbocycles. The standard InChI is InChI=1S/C9H13/c1-2-6-9-7-4-3-5-8-9/h2-4,7,9H,1,5-6,8H2. The summed E-state index contributed by atoms with van der Waals surface area (Å²) < 4.78 is 0. The highest BCUT2D eigenvalue weighted by molar-refractivity contribution is 5.04. The molecule has 1 atom stereocenters. The number of allylic oxidation sites excluding steroid dienone is 3. The van der Waals surface area contributed by atoms with Crippen molar-refractivity contribution in [2.24, 2.45) is 5.92 Å². The monoisotopic (exact) mass is 121 g/mol. The van der Waals surface area contributed by atoms with E-state index in [9.17, 15) is 0 Å². The largest absolute Gasteiger partial charge is 0.103 e. The van der Waals surface area contributed by atoms with Gasteiger partial charge in [0.1, 0.15) is 0 Å². The van der Waals surface area contributed by atoms with Crippen molar-refractivity contribution < 1.29 is 0 Å². The van der Waals surface area contributed by atoms with E-state index in [2.05, 4.69) is 25.2 Å². The van der Waals surface area contributed by atoms with Gasteiger partial charge < -0.3 is 0 Å². The minimum absolute atomic E-state index is 0.771. The van der Waals surface area contributed by atoms with Crippen LogP contribution in [0.3, 0.4) is 0 Å². The molecular weight excluding hydrogens is 108 g/mol. The van der Waals surface area contributed by atoms with Gasteiger partial charge in [0.2, 0.25) is 0 Å². The molecule has 1 unspecified atom stereocenters. The predicted octanol–water partition coefficient (Wildman–Crippen LogP) is 2.73. The Morgan fingerprint density at radius 3 is 3.11 bits per heavy atom. The molecule has 49 valence electrons. The lowest BCUT2D eigenvalue weighted by molar-refractivity contribution is 0.583. The van der Waals surface area contributed by atoms with Gasteiger partial charge in [0.25, 0.3) is 0 Å². The van der Waals surface area contributed by atoms with Crippen LogP contribution in [0.5, 0.6) is 0 Å². The summed E-state index contributed by atoms with van der Waals surface area (Å²) in [5, 5.41) is 0. The Morgan fingerprint density at radius 2 is 2.56 bits per heavy atom. The Morgan fingerprint density at radius 1 is 1.67 bits per heavy atom. The van der Waals surface area contributed by atoms with Crippen molar-refractivity contribution in [2.75, 3.05) is 0 Å².